The van der Waals surface area contributed by atoms with Gasteiger partial charge in [-0.15, -0.1) is 0 Å². The molecule has 8 heteroatoms. The molecule has 0 aliphatic carbocycles. The first kappa shape index (κ1) is 16.4. The first-order valence-corrected chi connectivity index (χ1v) is 9.03. The third-order valence-electron chi connectivity index (χ3n) is 3.80. The van der Waals surface area contributed by atoms with Crippen molar-refractivity contribution in [2.75, 3.05) is 13.1 Å². The fraction of sp³-hybridized carbons (Fsp3) is 0.538. The lowest BCUT2D eigenvalue weighted by molar-refractivity contribution is -0.387. The van der Waals surface area contributed by atoms with Crippen LogP contribution < -0.4 is 0 Å². The Kier molecular flexibility index (Phi) is 5.00. The van der Waals surface area contributed by atoms with Crippen molar-refractivity contribution in [2.24, 2.45) is 5.92 Å². The first-order valence-electron chi connectivity index (χ1n) is 6.80. The van der Waals surface area contributed by atoms with Crippen LogP contribution in [-0.4, -0.2) is 30.7 Å². The number of benzene rings is 1. The smallest absolute Gasteiger partial charge is 0.258 e. The van der Waals surface area contributed by atoms with Crippen LogP contribution in [0.1, 0.15) is 26.2 Å². The van der Waals surface area contributed by atoms with Crippen molar-refractivity contribution in [3.05, 3.63) is 32.8 Å². The van der Waals surface area contributed by atoms with E-state index in [2.05, 4.69) is 15.9 Å². The topological polar surface area (TPSA) is 80.5 Å². The van der Waals surface area contributed by atoms with Crippen LogP contribution in [0.5, 0.6) is 0 Å². The van der Waals surface area contributed by atoms with Gasteiger partial charge in [-0.1, -0.05) is 29.3 Å². The molecule has 1 unspecified atom stereocenters. The highest BCUT2D eigenvalue weighted by Gasteiger charge is 2.34. The van der Waals surface area contributed by atoms with Gasteiger partial charge in [-0.25, -0.2) is 8.42 Å². The van der Waals surface area contributed by atoms with Crippen molar-refractivity contribution in [3.8, 4) is 0 Å². The van der Waals surface area contributed by atoms with Gasteiger partial charge in [-0.3, -0.25) is 10.1 Å². The molecule has 1 aliphatic rings. The van der Waals surface area contributed by atoms with Crippen LogP contribution in [0.2, 0.25) is 0 Å². The molecule has 0 amide bonds. The first-order chi connectivity index (χ1) is 9.86. The van der Waals surface area contributed by atoms with Crippen molar-refractivity contribution in [3.63, 3.8) is 0 Å². The normalized spacial score (nSPS) is 20.4. The molecule has 0 bridgehead atoms. The predicted octanol–water partition coefficient (Wildman–Crippen LogP) is 3.17. The molecule has 0 spiro atoms. The van der Waals surface area contributed by atoms with Crippen LogP contribution in [0.4, 0.5) is 5.69 Å². The van der Waals surface area contributed by atoms with Crippen LogP contribution in [0, 0.1) is 16.0 Å². The van der Waals surface area contributed by atoms with E-state index in [4.69, 9.17) is 0 Å². The quantitative estimate of drug-likeness (QED) is 0.596. The van der Waals surface area contributed by atoms with E-state index in [-0.39, 0.29) is 10.6 Å². The number of nitro groups is 1. The molecule has 6 nitrogen and oxygen atoms in total. The van der Waals surface area contributed by atoms with Gasteiger partial charge < -0.3 is 0 Å². The van der Waals surface area contributed by atoms with E-state index in [0.29, 0.717) is 23.5 Å². The summed E-state index contributed by atoms with van der Waals surface area (Å²) in [7, 11) is -3.84. The van der Waals surface area contributed by atoms with Crippen molar-refractivity contribution in [1.29, 1.82) is 0 Å². The lowest BCUT2D eigenvalue weighted by Gasteiger charge is -2.31. The maximum absolute atomic E-state index is 12.7. The van der Waals surface area contributed by atoms with E-state index in [1.54, 1.807) is 0 Å². The van der Waals surface area contributed by atoms with Gasteiger partial charge in [0.05, 0.1) is 4.92 Å². The molecular formula is C13H17BrN2O4S. The number of nitrogens with zero attached hydrogens (tertiary/aromatic N) is 2. The van der Waals surface area contributed by atoms with Crippen molar-refractivity contribution >= 4 is 31.6 Å². The Hall–Kier alpha value is -0.990. The molecular weight excluding hydrogens is 360 g/mol. The lowest BCUT2D eigenvalue weighted by Crippen LogP contribution is -2.39. The molecule has 1 saturated heterocycles. The summed E-state index contributed by atoms with van der Waals surface area (Å²) in [6, 6.07) is 4.00. The molecule has 1 aromatic carbocycles. The average Bonchev–Trinajstić information content (AvgIpc) is 2.46. The number of halogens is 1. The Labute approximate surface area is 132 Å². The Morgan fingerprint density at radius 3 is 2.81 bits per heavy atom. The minimum atomic E-state index is -3.84. The summed E-state index contributed by atoms with van der Waals surface area (Å²) in [5.41, 5.74) is -0.378. The van der Waals surface area contributed by atoms with Gasteiger partial charge in [-0.2, -0.15) is 4.31 Å². The summed E-state index contributed by atoms with van der Waals surface area (Å²) in [6.07, 6.45) is 2.70. The standard InChI is InChI=1S/C13H17BrN2O4S/c1-2-10-4-3-7-15(9-10)21(19,20)13-8-11(14)5-6-12(13)16(17)18/h5-6,8,10H,2-4,7,9H2,1H3. The van der Waals surface area contributed by atoms with Crippen LogP contribution in [-0.2, 0) is 10.0 Å². The summed E-state index contributed by atoms with van der Waals surface area (Å²) in [5.74, 6) is 0.319. The average molecular weight is 377 g/mol. The molecule has 21 heavy (non-hydrogen) atoms. The van der Waals surface area contributed by atoms with Gasteiger partial charge in [-0.05, 0) is 30.9 Å². The van der Waals surface area contributed by atoms with E-state index in [1.165, 1.54) is 22.5 Å². The highest BCUT2D eigenvalue weighted by Crippen LogP contribution is 2.32. The summed E-state index contributed by atoms with van der Waals surface area (Å²) in [4.78, 5) is 10.2. The van der Waals surface area contributed by atoms with E-state index < -0.39 is 14.9 Å². The molecule has 2 rings (SSSR count). The fourth-order valence-corrected chi connectivity index (χ4v) is 4.81. The Bertz CT molecular complexity index is 648. The second-order valence-corrected chi connectivity index (χ2v) is 7.97. The highest BCUT2D eigenvalue weighted by atomic mass is 79.9. The zero-order chi connectivity index (χ0) is 15.6. The third-order valence-corrected chi connectivity index (χ3v) is 6.18. The van der Waals surface area contributed by atoms with Gasteiger partial charge in [0.2, 0.25) is 10.0 Å². The summed E-state index contributed by atoms with van der Waals surface area (Å²) < 4.78 is 27.3. The number of nitro benzene ring substituents is 1. The van der Waals surface area contributed by atoms with Crippen molar-refractivity contribution in [1.82, 2.24) is 4.31 Å². The van der Waals surface area contributed by atoms with E-state index in [1.807, 2.05) is 6.92 Å². The largest absolute Gasteiger partial charge is 0.289 e. The monoisotopic (exact) mass is 376 g/mol. The fourth-order valence-electron chi connectivity index (χ4n) is 2.56. The van der Waals surface area contributed by atoms with E-state index >= 15 is 0 Å². The molecule has 1 aromatic rings. The summed E-state index contributed by atoms with van der Waals surface area (Å²) in [6.45, 7) is 2.88. The van der Waals surface area contributed by atoms with Crippen LogP contribution in [0.25, 0.3) is 0 Å². The number of rotatable bonds is 4. The second kappa shape index (κ2) is 6.41. The van der Waals surface area contributed by atoms with Crippen LogP contribution in [0.15, 0.2) is 27.6 Å². The molecule has 116 valence electrons. The molecule has 1 atom stereocenters. The zero-order valence-corrected chi connectivity index (χ0v) is 14.1. The van der Waals surface area contributed by atoms with Gasteiger partial charge in [0, 0.05) is 23.6 Å². The molecule has 1 fully saturated rings. The molecule has 0 radical (unpaired) electrons. The molecule has 0 saturated carbocycles. The molecule has 1 aliphatic heterocycles. The van der Waals surface area contributed by atoms with Gasteiger partial charge >= 0.3 is 0 Å². The SMILES string of the molecule is CCC1CCCN(S(=O)(=O)c2cc(Br)ccc2[N+](=O)[O-])C1. The maximum atomic E-state index is 12.7. The minimum absolute atomic E-state index is 0.237. The third kappa shape index (κ3) is 3.44. The van der Waals surface area contributed by atoms with Gasteiger partial charge in [0.1, 0.15) is 0 Å². The minimum Gasteiger partial charge on any atom is -0.258 e. The zero-order valence-electron chi connectivity index (χ0n) is 11.7. The van der Waals surface area contributed by atoms with Crippen LogP contribution in [0.3, 0.4) is 0 Å². The van der Waals surface area contributed by atoms with Crippen molar-refractivity contribution < 1.29 is 13.3 Å². The second-order valence-electron chi connectivity index (χ2n) is 5.15. The summed E-state index contributed by atoms with van der Waals surface area (Å²) in [5, 5.41) is 11.1. The number of sulfonamides is 1. The maximum Gasteiger partial charge on any atom is 0.289 e. The van der Waals surface area contributed by atoms with Crippen LogP contribution >= 0.6 is 15.9 Å². The lowest BCUT2D eigenvalue weighted by atomic mass is 9.97. The molecule has 1 heterocycles. The van der Waals surface area contributed by atoms with E-state index in [0.717, 1.165) is 19.3 Å². The Morgan fingerprint density at radius 2 is 2.19 bits per heavy atom. The molecule has 0 aromatic heterocycles. The van der Waals surface area contributed by atoms with Gasteiger partial charge in [0.15, 0.2) is 4.90 Å². The number of hydrogen-bond acceptors (Lipinski definition) is 4. The van der Waals surface area contributed by atoms with E-state index in [9.17, 15) is 18.5 Å². The number of piperidine rings is 1. The van der Waals surface area contributed by atoms with Gasteiger partial charge in [0.25, 0.3) is 5.69 Å². The summed E-state index contributed by atoms with van der Waals surface area (Å²) >= 11 is 3.18. The predicted molar refractivity (Wildman–Crippen MR) is 82.6 cm³/mol. The highest BCUT2D eigenvalue weighted by molar-refractivity contribution is 9.10. The number of hydrogen-bond donors (Lipinski definition) is 0. The Morgan fingerprint density at radius 1 is 1.48 bits per heavy atom. The Balaban J connectivity index is 2.44. The molecule has 0 N–H and O–H groups in total. The van der Waals surface area contributed by atoms with Crippen molar-refractivity contribution in [2.45, 2.75) is 31.1 Å².